The molecule has 0 unspecified atom stereocenters. The molecule has 1 aliphatic heterocycles. The van der Waals surface area contributed by atoms with Gasteiger partial charge in [0.1, 0.15) is 5.82 Å². The summed E-state index contributed by atoms with van der Waals surface area (Å²) in [6, 6.07) is 16.6. The zero-order valence-corrected chi connectivity index (χ0v) is 11.8. The van der Waals surface area contributed by atoms with Crippen LogP contribution in [0, 0.1) is 11.7 Å². The Morgan fingerprint density at radius 2 is 1.76 bits per heavy atom. The molecule has 3 rings (SSSR count). The topological polar surface area (TPSA) is 20.3 Å². The number of likely N-dealkylation sites (tertiary alicyclic amines) is 1. The molecule has 0 saturated carbocycles. The molecule has 1 aliphatic rings. The number of rotatable bonds is 4. The van der Waals surface area contributed by atoms with Crippen LogP contribution < -0.4 is 0 Å². The second-order valence-corrected chi connectivity index (χ2v) is 5.66. The summed E-state index contributed by atoms with van der Waals surface area (Å²) in [5.41, 5.74) is 2.06. The molecule has 1 fully saturated rings. The van der Waals surface area contributed by atoms with Crippen molar-refractivity contribution in [1.82, 2.24) is 4.90 Å². The molecule has 3 heteroatoms. The van der Waals surface area contributed by atoms with Gasteiger partial charge in [0, 0.05) is 13.1 Å². The van der Waals surface area contributed by atoms with Crippen molar-refractivity contribution in [3.63, 3.8) is 0 Å². The molecule has 21 heavy (non-hydrogen) atoms. The Bertz CT molecular complexity index is 620. The molecule has 0 aromatic heterocycles. The summed E-state index contributed by atoms with van der Waals surface area (Å²) in [6.07, 6.45) is 1.31. The van der Waals surface area contributed by atoms with Crippen LogP contribution in [0.4, 0.5) is 4.39 Å². The molecular weight excluding hydrogens is 265 g/mol. The van der Waals surface area contributed by atoms with Gasteiger partial charge in [-0.1, -0.05) is 42.5 Å². The van der Waals surface area contributed by atoms with Crippen molar-refractivity contribution in [2.75, 3.05) is 13.1 Å². The number of hydrogen-bond acceptors (Lipinski definition) is 1. The molecule has 1 heterocycles. The predicted molar refractivity (Wildman–Crippen MR) is 80.3 cm³/mol. The molecular formula is C18H18FNO. The van der Waals surface area contributed by atoms with Crippen molar-refractivity contribution in [2.24, 2.45) is 5.92 Å². The molecule has 2 aromatic carbocycles. The maximum absolute atomic E-state index is 13.1. The van der Waals surface area contributed by atoms with E-state index in [1.807, 2.05) is 23.1 Å². The molecule has 0 aliphatic carbocycles. The summed E-state index contributed by atoms with van der Waals surface area (Å²) < 4.78 is 13.1. The first kappa shape index (κ1) is 13.8. The van der Waals surface area contributed by atoms with Gasteiger partial charge in [-0.25, -0.2) is 4.39 Å². The van der Waals surface area contributed by atoms with Gasteiger partial charge in [0.15, 0.2) is 0 Å². The quantitative estimate of drug-likeness (QED) is 0.844. The van der Waals surface area contributed by atoms with E-state index in [4.69, 9.17) is 0 Å². The second-order valence-electron chi connectivity index (χ2n) is 5.66. The molecule has 1 amide bonds. The number of carbonyl (C=O) groups excluding carboxylic acids is 1. The fourth-order valence-corrected chi connectivity index (χ4v) is 2.78. The van der Waals surface area contributed by atoms with Crippen molar-refractivity contribution in [3.8, 4) is 0 Å². The van der Waals surface area contributed by atoms with Crippen LogP contribution in [0.2, 0.25) is 0 Å². The first-order valence-corrected chi connectivity index (χ1v) is 7.27. The van der Waals surface area contributed by atoms with Gasteiger partial charge in [0.2, 0.25) is 5.91 Å². The molecule has 0 radical (unpaired) electrons. The van der Waals surface area contributed by atoms with Gasteiger partial charge in [0.25, 0.3) is 0 Å². The summed E-state index contributed by atoms with van der Waals surface area (Å²) >= 11 is 0. The molecule has 108 valence electrons. The number of benzene rings is 2. The van der Waals surface area contributed by atoms with Crippen LogP contribution in [0.15, 0.2) is 54.6 Å². The minimum absolute atomic E-state index is 0.0879. The summed E-state index contributed by atoms with van der Waals surface area (Å²) in [5.74, 6) is 0.347. The lowest BCUT2D eigenvalue weighted by Crippen LogP contribution is -2.51. The van der Waals surface area contributed by atoms with E-state index in [0.717, 1.165) is 25.1 Å². The molecule has 0 atom stereocenters. The van der Waals surface area contributed by atoms with E-state index in [2.05, 4.69) is 12.1 Å². The molecule has 1 saturated heterocycles. The van der Waals surface area contributed by atoms with Gasteiger partial charge in [-0.3, -0.25) is 4.79 Å². The lowest BCUT2D eigenvalue weighted by atomic mass is 9.91. The normalized spacial score (nSPS) is 14.8. The van der Waals surface area contributed by atoms with E-state index < -0.39 is 0 Å². The zero-order chi connectivity index (χ0) is 14.7. The first-order chi connectivity index (χ1) is 10.2. The highest BCUT2D eigenvalue weighted by Gasteiger charge is 2.30. The van der Waals surface area contributed by atoms with Gasteiger partial charge in [0.05, 0.1) is 6.42 Å². The van der Waals surface area contributed by atoms with E-state index in [1.165, 1.54) is 17.7 Å². The zero-order valence-electron chi connectivity index (χ0n) is 11.8. The second kappa shape index (κ2) is 6.08. The third-order valence-electron chi connectivity index (χ3n) is 3.92. The van der Waals surface area contributed by atoms with Crippen LogP contribution in [-0.4, -0.2) is 23.9 Å². The van der Waals surface area contributed by atoms with Crippen molar-refractivity contribution in [1.29, 1.82) is 0 Å². The maximum Gasteiger partial charge on any atom is 0.227 e. The van der Waals surface area contributed by atoms with Crippen molar-refractivity contribution < 1.29 is 9.18 Å². The highest BCUT2D eigenvalue weighted by atomic mass is 19.1. The highest BCUT2D eigenvalue weighted by Crippen LogP contribution is 2.21. The fraction of sp³-hybridized carbons (Fsp3) is 0.278. The molecule has 0 N–H and O–H groups in total. The first-order valence-electron chi connectivity index (χ1n) is 7.27. The predicted octanol–water partition coefficient (Wildman–Crippen LogP) is 3.07. The standard InChI is InChI=1S/C18H18FNO/c19-17-8-4-7-15(10-17)11-18(21)20-12-16(13-20)9-14-5-2-1-3-6-14/h1-8,10,16H,9,11-13H2. The average molecular weight is 283 g/mol. The number of nitrogens with zero attached hydrogens (tertiary/aromatic N) is 1. The van der Waals surface area contributed by atoms with Crippen LogP contribution in [0.25, 0.3) is 0 Å². The van der Waals surface area contributed by atoms with Crippen molar-refractivity contribution >= 4 is 5.91 Å². The summed E-state index contributed by atoms with van der Waals surface area (Å²) in [5, 5.41) is 0. The van der Waals surface area contributed by atoms with Crippen LogP contribution >= 0.6 is 0 Å². The Hall–Kier alpha value is -2.16. The molecule has 0 spiro atoms. The Kier molecular flexibility index (Phi) is 4.00. The van der Waals surface area contributed by atoms with E-state index in [-0.39, 0.29) is 18.1 Å². The third kappa shape index (κ3) is 3.48. The van der Waals surface area contributed by atoms with Gasteiger partial charge in [-0.05, 0) is 35.6 Å². The molecule has 2 aromatic rings. The van der Waals surface area contributed by atoms with E-state index in [1.54, 1.807) is 12.1 Å². The van der Waals surface area contributed by atoms with Crippen LogP contribution in [0.1, 0.15) is 11.1 Å². The van der Waals surface area contributed by atoms with Crippen molar-refractivity contribution in [2.45, 2.75) is 12.8 Å². The largest absolute Gasteiger partial charge is 0.342 e. The fourth-order valence-electron chi connectivity index (χ4n) is 2.78. The Labute approximate surface area is 124 Å². The third-order valence-corrected chi connectivity index (χ3v) is 3.92. The smallest absolute Gasteiger partial charge is 0.227 e. The monoisotopic (exact) mass is 283 g/mol. The molecule has 2 nitrogen and oxygen atoms in total. The Morgan fingerprint density at radius 1 is 1.05 bits per heavy atom. The lowest BCUT2D eigenvalue weighted by molar-refractivity contribution is -0.136. The number of amides is 1. The Balaban J connectivity index is 1.48. The number of carbonyl (C=O) groups is 1. The number of halogens is 1. The van der Waals surface area contributed by atoms with Gasteiger partial charge >= 0.3 is 0 Å². The van der Waals surface area contributed by atoms with E-state index in [0.29, 0.717) is 5.92 Å². The maximum atomic E-state index is 13.1. The number of hydrogen-bond donors (Lipinski definition) is 0. The van der Waals surface area contributed by atoms with Gasteiger partial charge in [-0.15, -0.1) is 0 Å². The lowest BCUT2D eigenvalue weighted by Gasteiger charge is -2.39. The van der Waals surface area contributed by atoms with E-state index >= 15 is 0 Å². The summed E-state index contributed by atoms with van der Waals surface area (Å²) in [6.45, 7) is 1.62. The minimum Gasteiger partial charge on any atom is -0.342 e. The van der Waals surface area contributed by atoms with E-state index in [9.17, 15) is 9.18 Å². The Morgan fingerprint density at radius 3 is 2.48 bits per heavy atom. The van der Waals surface area contributed by atoms with Gasteiger partial charge in [-0.2, -0.15) is 0 Å². The van der Waals surface area contributed by atoms with Crippen LogP contribution in [-0.2, 0) is 17.6 Å². The molecule has 0 bridgehead atoms. The minimum atomic E-state index is -0.286. The SMILES string of the molecule is O=C(Cc1cccc(F)c1)N1CC(Cc2ccccc2)C1. The summed E-state index contributed by atoms with van der Waals surface area (Å²) in [4.78, 5) is 14.0. The highest BCUT2D eigenvalue weighted by molar-refractivity contribution is 5.79. The van der Waals surface area contributed by atoms with Gasteiger partial charge < -0.3 is 4.90 Å². The van der Waals surface area contributed by atoms with Crippen LogP contribution in [0.3, 0.4) is 0 Å². The van der Waals surface area contributed by atoms with Crippen molar-refractivity contribution in [3.05, 3.63) is 71.5 Å². The summed E-state index contributed by atoms with van der Waals surface area (Å²) in [7, 11) is 0. The van der Waals surface area contributed by atoms with Crippen LogP contribution in [0.5, 0.6) is 0 Å². The average Bonchev–Trinajstić information content (AvgIpc) is 2.43.